The highest BCUT2D eigenvalue weighted by atomic mass is 16.2. The molecule has 3 aliphatic heterocycles. The lowest BCUT2D eigenvalue weighted by atomic mass is 9.96. The molecule has 0 spiro atoms. The molecule has 1 amide bonds. The highest BCUT2D eigenvalue weighted by Gasteiger charge is 2.24. The van der Waals surface area contributed by atoms with Crippen LogP contribution >= 0.6 is 0 Å². The average Bonchev–Trinajstić information content (AvgIpc) is 2.67. The van der Waals surface area contributed by atoms with Crippen molar-refractivity contribution in [1.29, 1.82) is 0 Å². The van der Waals surface area contributed by atoms with Crippen LogP contribution < -0.4 is 17.0 Å². The molecule has 0 aliphatic carbocycles. The molecular weight excluding hydrogens is 372 g/mol. The van der Waals surface area contributed by atoms with Crippen LogP contribution in [0.3, 0.4) is 0 Å². The van der Waals surface area contributed by atoms with E-state index in [2.05, 4.69) is 19.9 Å². The number of hydrogen-bond donors (Lipinski definition) is 2. The van der Waals surface area contributed by atoms with E-state index in [0.717, 1.165) is 42.6 Å². The van der Waals surface area contributed by atoms with Crippen molar-refractivity contribution in [3.63, 3.8) is 0 Å². The number of aromatic amines is 1. The molecule has 0 aromatic heterocycles. The zero-order valence-corrected chi connectivity index (χ0v) is 16.6. The number of H-pyrrole nitrogens is 1. The molecule has 0 bridgehead atoms. The topological polar surface area (TPSA) is 127 Å². The third-order valence-corrected chi connectivity index (χ3v) is 5.85. The zero-order chi connectivity index (χ0) is 20.7. The first kappa shape index (κ1) is 19.3. The molecule has 1 aromatic carbocycles. The van der Waals surface area contributed by atoms with Gasteiger partial charge in [-0.1, -0.05) is 0 Å². The van der Waals surface area contributed by atoms with Crippen molar-refractivity contribution >= 4 is 16.9 Å². The lowest BCUT2D eigenvalue weighted by molar-refractivity contribution is -0.123. The predicted octanol–water partition coefficient (Wildman–Crippen LogP) is 0.399. The predicted molar refractivity (Wildman–Crippen MR) is 109 cm³/mol. The van der Waals surface area contributed by atoms with Gasteiger partial charge >= 0.3 is 5.69 Å². The summed E-state index contributed by atoms with van der Waals surface area (Å²) >= 11 is 0. The molecular formula is C20H24N6O3. The summed E-state index contributed by atoms with van der Waals surface area (Å²) in [5, 5.41) is 0. The van der Waals surface area contributed by atoms with E-state index in [4.69, 9.17) is 5.73 Å². The van der Waals surface area contributed by atoms with Gasteiger partial charge in [-0.05, 0) is 63.0 Å². The molecule has 3 N–H and O–H groups in total. The molecule has 4 rings (SSSR count). The molecule has 3 aliphatic rings. The lowest BCUT2D eigenvalue weighted by Gasteiger charge is -2.31. The summed E-state index contributed by atoms with van der Waals surface area (Å²) in [6.45, 7) is 6.84. The fraction of sp³-hybridized carbons (Fsp3) is 0.450. The number of carbonyl (C=O) groups is 1. The third-order valence-electron chi connectivity index (χ3n) is 5.85. The number of nitrogens with two attached hydrogens (primary N) is 1. The van der Waals surface area contributed by atoms with Gasteiger partial charge in [-0.25, -0.2) is 9.78 Å². The van der Waals surface area contributed by atoms with Crippen LogP contribution in [0.15, 0.2) is 21.7 Å². The number of piperidine rings is 1. The zero-order valence-electron chi connectivity index (χ0n) is 16.6. The minimum Gasteiger partial charge on any atom is -0.369 e. The molecule has 0 radical (unpaired) electrons. The Bertz CT molecular complexity index is 1170. The maximum atomic E-state index is 12.3. The van der Waals surface area contributed by atoms with Crippen LogP contribution in [0, 0.1) is 19.8 Å². The van der Waals surface area contributed by atoms with Crippen molar-refractivity contribution in [2.24, 2.45) is 11.7 Å². The van der Waals surface area contributed by atoms with E-state index in [1.54, 1.807) is 0 Å². The van der Waals surface area contributed by atoms with Crippen LogP contribution in [0.25, 0.3) is 22.6 Å². The Labute approximate surface area is 166 Å². The van der Waals surface area contributed by atoms with Crippen molar-refractivity contribution in [3.05, 3.63) is 44.1 Å². The van der Waals surface area contributed by atoms with Gasteiger partial charge in [-0.15, -0.1) is 0 Å². The second-order valence-corrected chi connectivity index (χ2v) is 7.75. The van der Waals surface area contributed by atoms with E-state index in [0.29, 0.717) is 24.4 Å². The summed E-state index contributed by atoms with van der Waals surface area (Å²) in [4.78, 5) is 48.5. The number of likely N-dealkylation sites (tertiary alicyclic amines) is 1. The van der Waals surface area contributed by atoms with Crippen LogP contribution in [-0.4, -0.2) is 50.0 Å². The molecule has 3 heterocycles. The van der Waals surface area contributed by atoms with E-state index in [9.17, 15) is 14.4 Å². The van der Waals surface area contributed by atoms with Crippen molar-refractivity contribution in [2.45, 2.75) is 33.2 Å². The van der Waals surface area contributed by atoms with Gasteiger partial charge in [0.05, 0.1) is 11.0 Å². The summed E-state index contributed by atoms with van der Waals surface area (Å²) < 4.78 is 1.90. The number of aryl methyl sites for hydroxylation is 2. The van der Waals surface area contributed by atoms with Crippen molar-refractivity contribution in [2.75, 3.05) is 19.6 Å². The lowest BCUT2D eigenvalue weighted by Crippen LogP contribution is -2.40. The number of nitrogens with one attached hydrogen (secondary N) is 1. The van der Waals surface area contributed by atoms with Gasteiger partial charge in [0.1, 0.15) is 0 Å². The van der Waals surface area contributed by atoms with Gasteiger partial charge < -0.3 is 15.2 Å². The highest BCUT2D eigenvalue weighted by molar-refractivity contribution is 5.81. The Morgan fingerprint density at radius 1 is 1.14 bits per heavy atom. The Hall–Kier alpha value is -3.07. The minimum atomic E-state index is -0.677. The number of amides is 1. The third kappa shape index (κ3) is 3.65. The quantitative estimate of drug-likeness (QED) is 0.615. The van der Waals surface area contributed by atoms with Crippen LogP contribution in [0.2, 0.25) is 0 Å². The van der Waals surface area contributed by atoms with Gasteiger partial charge in [-0.3, -0.25) is 14.6 Å². The molecule has 9 heteroatoms. The van der Waals surface area contributed by atoms with E-state index in [1.165, 1.54) is 0 Å². The molecule has 1 fully saturated rings. The largest absolute Gasteiger partial charge is 0.369 e. The Balaban J connectivity index is 1.73. The highest BCUT2D eigenvalue weighted by Crippen LogP contribution is 2.24. The molecule has 9 nitrogen and oxygen atoms in total. The number of fused-ring (bicyclic) bond motifs is 2. The molecule has 0 saturated carbocycles. The normalized spacial score (nSPS) is 15.9. The average molecular weight is 396 g/mol. The number of aromatic nitrogens is 4. The van der Waals surface area contributed by atoms with Crippen LogP contribution in [0.5, 0.6) is 0 Å². The van der Waals surface area contributed by atoms with Crippen molar-refractivity contribution in [1.82, 2.24) is 24.4 Å². The summed E-state index contributed by atoms with van der Waals surface area (Å²) in [5.41, 5.74) is 8.08. The van der Waals surface area contributed by atoms with Crippen molar-refractivity contribution < 1.29 is 4.79 Å². The number of primary amides is 1. The van der Waals surface area contributed by atoms with E-state index in [1.807, 2.05) is 30.5 Å². The second kappa shape index (κ2) is 7.40. The first-order chi connectivity index (χ1) is 13.8. The molecule has 1 saturated heterocycles. The summed E-state index contributed by atoms with van der Waals surface area (Å²) in [5.74, 6) is -0.000669. The molecule has 29 heavy (non-hydrogen) atoms. The van der Waals surface area contributed by atoms with E-state index < -0.39 is 11.2 Å². The molecule has 1 aromatic rings. The number of rotatable bonds is 4. The van der Waals surface area contributed by atoms with Gasteiger partial charge in [0.15, 0.2) is 11.5 Å². The Morgan fingerprint density at radius 3 is 2.52 bits per heavy atom. The number of hydrogen-bond acceptors (Lipinski definition) is 6. The number of nitrogens with zero attached hydrogens (tertiary/aromatic N) is 4. The van der Waals surface area contributed by atoms with Crippen LogP contribution in [0.1, 0.15) is 24.0 Å². The minimum absolute atomic E-state index is 0.0599. The van der Waals surface area contributed by atoms with Gasteiger partial charge in [0.2, 0.25) is 5.91 Å². The summed E-state index contributed by atoms with van der Waals surface area (Å²) in [7, 11) is 0. The Morgan fingerprint density at radius 2 is 1.83 bits per heavy atom. The maximum Gasteiger partial charge on any atom is 0.349 e. The molecule has 0 atom stereocenters. The molecule has 152 valence electrons. The molecule has 0 unspecified atom stereocenters. The summed E-state index contributed by atoms with van der Waals surface area (Å²) in [6, 6.07) is 3.97. The first-order valence-electron chi connectivity index (χ1n) is 9.77. The standard InChI is InChI=1S/C20H24N6O3/c1-11-9-14-15(10-12(11)2)26(18-16(22-14)19(28)24-20(29)23-18)8-7-25-5-3-13(4-6-25)17(21)27/h9-10,13H,3-8H2,1-2H3,(H2,21,27)(H,24,28,29). The van der Waals surface area contributed by atoms with Gasteiger partial charge in [0.25, 0.3) is 5.56 Å². The number of benzene rings is 1. The maximum absolute atomic E-state index is 12.3. The number of carbonyl (C=O) groups excluding carboxylic acids is 1. The fourth-order valence-electron chi connectivity index (χ4n) is 3.96. The summed E-state index contributed by atoms with van der Waals surface area (Å²) in [6.07, 6.45) is 1.50. The monoisotopic (exact) mass is 396 g/mol. The first-order valence-corrected chi connectivity index (χ1v) is 9.77. The van der Waals surface area contributed by atoms with Crippen LogP contribution in [-0.2, 0) is 11.3 Å². The van der Waals surface area contributed by atoms with Gasteiger partial charge in [0, 0.05) is 19.0 Å². The second-order valence-electron chi connectivity index (χ2n) is 7.75. The van der Waals surface area contributed by atoms with Gasteiger partial charge in [-0.2, -0.15) is 4.98 Å². The van der Waals surface area contributed by atoms with Crippen LogP contribution in [0.4, 0.5) is 0 Å². The van der Waals surface area contributed by atoms with E-state index in [-0.39, 0.29) is 17.5 Å². The smallest absolute Gasteiger partial charge is 0.349 e. The van der Waals surface area contributed by atoms with E-state index >= 15 is 0 Å². The fourth-order valence-corrected chi connectivity index (χ4v) is 3.96. The SMILES string of the molecule is Cc1cc2nc3c(=O)[nH]c(=O)nc-3n(CCN3CCC(C(N)=O)CC3)c2cc1C. The van der Waals surface area contributed by atoms with Crippen molar-refractivity contribution in [3.8, 4) is 11.5 Å². The Kier molecular flexibility index (Phi) is 4.91.